The fourth-order valence-electron chi connectivity index (χ4n) is 4.27. The largest absolute Gasteiger partial charge is 0.396 e. The molecule has 0 aromatic heterocycles. The van der Waals surface area contributed by atoms with E-state index < -0.39 is 16.1 Å². The van der Waals surface area contributed by atoms with Crippen LogP contribution in [-0.2, 0) is 16.8 Å². The van der Waals surface area contributed by atoms with E-state index in [1.54, 1.807) is 12.1 Å². The van der Waals surface area contributed by atoms with Gasteiger partial charge in [0.2, 0.25) is 0 Å². The number of nitrogens with one attached hydrogen (secondary N) is 1. The minimum atomic E-state index is -4.03. The van der Waals surface area contributed by atoms with Crippen LogP contribution in [0.25, 0.3) is 0 Å². The van der Waals surface area contributed by atoms with Crippen molar-refractivity contribution in [3.05, 3.63) is 70.8 Å². The predicted molar refractivity (Wildman–Crippen MR) is 122 cm³/mol. The molecule has 0 spiro atoms. The van der Waals surface area contributed by atoms with E-state index in [2.05, 4.69) is 4.72 Å². The van der Waals surface area contributed by atoms with Gasteiger partial charge in [-0.05, 0) is 69.1 Å². The standard InChI is InChI=1S/C24H32N2O4S/c1-18-12-19(2)14-23(13-18)24(28)25-31(29,30)26(15-20-6-4-3-5-7-20)16-21-8-10-22(17-27)11-9-21/h3-7,12-14,21-22,27H,8-11,15-17H2,1-2H3,(H,25,28). The molecule has 0 unspecified atom stereocenters. The van der Waals surface area contributed by atoms with Gasteiger partial charge in [0.1, 0.15) is 0 Å². The smallest absolute Gasteiger partial charge is 0.304 e. The highest BCUT2D eigenvalue weighted by Crippen LogP contribution is 2.30. The Morgan fingerprint density at radius 3 is 2.16 bits per heavy atom. The minimum Gasteiger partial charge on any atom is -0.396 e. The van der Waals surface area contributed by atoms with Crippen molar-refractivity contribution >= 4 is 16.1 Å². The van der Waals surface area contributed by atoms with Crippen molar-refractivity contribution in [3.63, 3.8) is 0 Å². The van der Waals surface area contributed by atoms with Gasteiger partial charge < -0.3 is 5.11 Å². The third-order valence-corrected chi connectivity index (χ3v) is 7.33. The number of benzene rings is 2. The molecule has 0 heterocycles. The van der Waals surface area contributed by atoms with Gasteiger partial charge in [0.05, 0.1) is 0 Å². The monoisotopic (exact) mass is 444 g/mol. The van der Waals surface area contributed by atoms with Crippen LogP contribution in [0.1, 0.15) is 52.7 Å². The molecule has 3 rings (SSSR count). The second-order valence-corrected chi connectivity index (χ2v) is 10.3. The average Bonchev–Trinajstić information content (AvgIpc) is 2.73. The lowest BCUT2D eigenvalue weighted by Gasteiger charge is -2.31. The summed E-state index contributed by atoms with van der Waals surface area (Å²) in [5, 5.41) is 9.38. The highest BCUT2D eigenvalue weighted by Gasteiger charge is 2.30. The van der Waals surface area contributed by atoms with Crippen LogP contribution >= 0.6 is 0 Å². The van der Waals surface area contributed by atoms with Crippen molar-refractivity contribution in [2.24, 2.45) is 11.8 Å². The molecule has 6 nitrogen and oxygen atoms in total. The van der Waals surface area contributed by atoms with Gasteiger partial charge in [-0.2, -0.15) is 12.7 Å². The van der Waals surface area contributed by atoms with E-state index >= 15 is 0 Å². The first-order valence-electron chi connectivity index (χ1n) is 10.8. The lowest BCUT2D eigenvalue weighted by molar-refractivity contribution is 0.0977. The van der Waals surface area contributed by atoms with Crippen LogP contribution in [0.3, 0.4) is 0 Å². The van der Waals surface area contributed by atoms with Crippen LogP contribution in [0.2, 0.25) is 0 Å². The molecule has 1 aliphatic rings. The molecule has 1 fully saturated rings. The number of rotatable bonds is 8. The molecule has 2 aromatic carbocycles. The Hall–Kier alpha value is -2.22. The summed E-state index contributed by atoms with van der Waals surface area (Å²) in [5.41, 5.74) is 3.02. The molecule has 168 valence electrons. The van der Waals surface area contributed by atoms with Crippen molar-refractivity contribution < 1.29 is 18.3 Å². The maximum atomic E-state index is 13.2. The lowest BCUT2D eigenvalue weighted by atomic mass is 9.82. The molecule has 0 bridgehead atoms. The maximum absolute atomic E-state index is 13.2. The fraction of sp³-hybridized carbons (Fsp3) is 0.458. The Morgan fingerprint density at radius 1 is 1.00 bits per heavy atom. The van der Waals surface area contributed by atoms with Gasteiger partial charge in [0.15, 0.2) is 0 Å². The van der Waals surface area contributed by atoms with E-state index in [0.29, 0.717) is 18.0 Å². The number of amides is 1. The highest BCUT2D eigenvalue weighted by atomic mass is 32.2. The summed E-state index contributed by atoms with van der Waals surface area (Å²) in [6.45, 7) is 4.49. The van der Waals surface area contributed by atoms with Gasteiger partial charge in [0, 0.05) is 25.3 Å². The fourth-order valence-corrected chi connectivity index (χ4v) is 5.47. The number of hydrogen-bond donors (Lipinski definition) is 2. The molecular weight excluding hydrogens is 412 g/mol. The molecule has 1 amide bonds. The van der Waals surface area contributed by atoms with Gasteiger partial charge in [-0.3, -0.25) is 4.79 Å². The Labute approximate surface area is 185 Å². The van der Waals surface area contributed by atoms with Crippen molar-refractivity contribution in [2.45, 2.75) is 46.1 Å². The third kappa shape index (κ3) is 6.63. The molecule has 1 saturated carbocycles. The van der Waals surface area contributed by atoms with Crippen molar-refractivity contribution in [2.75, 3.05) is 13.2 Å². The number of nitrogens with zero attached hydrogens (tertiary/aromatic N) is 1. The van der Waals surface area contributed by atoms with E-state index in [4.69, 9.17) is 0 Å². The van der Waals surface area contributed by atoms with Crippen LogP contribution in [0.15, 0.2) is 48.5 Å². The van der Waals surface area contributed by atoms with E-state index in [1.165, 1.54) is 4.31 Å². The first-order chi connectivity index (χ1) is 14.8. The van der Waals surface area contributed by atoms with Crippen LogP contribution < -0.4 is 4.72 Å². The SMILES string of the molecule is Cc1cc(C)cc(C(=O)NS(=O)(=O)N(Cc2ccccc2)CC2CCC(CO)CC2)c1. The summed E-state index contributed by atoms with van der Waals surface area (Å²) in [4.78, 5) is 12.8. The molecule has 0 atom stereocenters. The lowest BCUT2D eigenvalue weighted by Crippen LogP contribution is -2.45. The van der Waals surface area contributed by atoms with Crippen LogP contribution in [-0.4, -0.2) is 36.9 Å². The Balaban J connectivity index is 1.78. The summed E-state index contributed by atoms with van der Waals surface area (Å²) >= 11 is 0. The van der Waals surface area contributed by atoms with Gasteiger partial charge >= 0.3 is 10.2 Å². The van der Waals surface area contributed by atoms with Crippen molar-refractivity contribution in [1.29, 1.82) is 0 Å². The summed E-state index contributed by atoms with van der Waals surface area (Å²) in [6, 6.07) is 14.7. The van der Waals surface area contributed by atoms with E-state index in [0.717, 1.165) is 42.4 Å². The second-order valence-electron chi connectivity index (χ2n) is 8.66. The topological polar surface area (TPSA) is 86.7 Å². The number of aliphatic hydroxyl groups excluding tert-OH is 1. The molecule has 0 saturated heterocycles. The number of carbonyl (C=O) groups excluding carboxylic acids is 1. The quantitative estimate of drug-likeness (QED) is 0.652. The molecule has 0 aliphatic heterocycles. The first-order valence-corrected chi connectivity index (χ1v) is 12.3. The normalized spacial score (nSPS) is 19.4. The van der Waals surface area contributed by atoms with E-state index in [-0.39, 0.29) is 19.1 Å². The zero-order valence-corrected chi connectivity index (χ0v) is 19.1. The summed E-state index contributed by atoms with van der Waals surface area (Å²) < 4.78 is 30.1. The first kappa shape index (κ1) is 23.4. The van der Waals surface area contributed by atoms with E-state index in [1.807, 2.05) is 50.2 Å². The van der Waals surface area contributed by atoms with Gasteiger partial charge in [-0.1, -0.05) is 47.5 Å². The van der Waals surface area contributed by atoms with Gasteiger partial charge in [-0.25, -0.2) is 4.72 Å². The highest BCUT2D eigenvalue weighted by molar-refractivity contribution is 7.87. The predicted octanol–water partition coefficient (Wildman–Crippen LogP) is 3.58. The van der Waals surface area contributed by atoms with Gasteiger partial charge in [0.25, 0.3) is 5.91 Å². The molecule has 31 heavy (non-hydrogen) atoms. The zero-order valence-electron chi connectivity index (χ0n) is 18.3. The van der Waals surface area contributed by atoms with Gasteiger partial charge in [-0.15, -0.1) is 0 Å². The number of carbonyl (C=O) groups is 1. The van der Waals surface area contributed by atoms with Crippen LogP contribution in [0.5, 0.6) is 0 Å². The zero-order chi connectivity index (χ0) is 22.4. The summed E-state index contributed by atoms with van der Waals surface area (Å²) in [7, 11) is -4.03. The third-order valence-electron chi connectivity index (χ3n) is 5.93. The summed E-state index contributed by atoms with van der Waals surface area (Å²) in [5.74, 6) is -0.104. The Kier molecular flexibility index (Phi) is 7.86. The molecule has 7 heteroatoms. The van der Waals surface area contributed by atoms with Crippen molar-refractivity contribution in [3.8, 4) is 0 Å². The molecule has 1 aliphatic carbocycles. The summed E-state index contributed by atoms with van der Waals surface area (Å²) in [6.07, 6.45) is 3.54. The molecule has 2 N–H and O–H groups in total. The van der Waals surface area contributed by atoms with Crippen LogP contribution in [0, 0.1) is 25.7 Å². The Bertz CT molecular complexity index is 964. The number of aryl methyl sites for hydroxylation is 2. The molecular formula is C24H32N2O4S. The van der Waals surface area contributed by atoms with Crippen molar-refractivity contribution in [1.82, 2.24) is 9.03 Å². The minimum absolute atomic E-state index is 0.185. The second kappa shape index (κ2) is 10.4. The number of aliphatic hydroxyl groups is 1. The molecule has 0 radical (unpaired) electrons. The number of hydrogen-bond acceptors (Lipinski definition) is 4. The maximum Gasteiger partial charge on any atom is 0.304 e. The Morgan fingerprint density at radius 2 is 1.58 bits per heavy atom. The average molecular weight is 445 g/mol. The molecule has 2 aromatic rings. The van der Waals surface area contributed by atoms with E-state index in [9.17, 15) is 18.3 Å². The van der Waals surface area contributed by atoms with Crippen LogP contribution in [0.4, 0.5) is 0 Å².